The van der Waals surface area contributed by atoms with E-state index < -0.39 is 0 Å². The Bertz CT molecular complexity index is 712. The molecule has 5 nitrogen and oxygen atoms in total. The van der Waals surface area contributed by atoms with Crippen LogP contribution in [0.15, 0.2) is 42.7 Å². The summed E-state index contributed by atoms with van der Waals surface area (Å²) in [5, 5.41) is 2.98. The van der Waals surface area contributed by atoms with Gasteiger partial charge in [0.05, 0.1) is 24.8 Å². The second-order valence-corrected chi connectivity index (χ2v) is 6.37. The maximum Gasteiger partial charge on any atom is 0.253 e. The second kappa shape index (κ2) is 8.01. The van der Waals surface area contributed by atoms with Gasteiger partial charge in [0.1, 0.15) is 0 Å². The van der Waals surface area contributed by atoms with Crippen molar-refractivity contribution in [2.75, 3.05) is 7.11 Å². The molecule has 2 aromatic rings. The number of hydrogen-bond donors (Lipinski definition) is 1. The van der Waals surface area contributed by atoms with Gasteiger partial charge in [-0.05, 0) is 62.4 Å². The van der Waals surface area contributed by atoms with E-state index in [0.717, 1.165) is 24.2 Å². The van der Waals surface area contributed by atoms with Crippen molar-refractivity contribution >= 4 is 5.91 Å². The van der Waals surface area contributed by atoms with Gasteiger partial charge in [0, 0.05) is 12.4 Å². The fraction of sp³-hybridized carbons (Fsp3) is 0.400. The number of carbonyl (C=O) groups is 1. The number of nitrogens with one attached hydrogen (secondary N) is 1. The van der Waals surface area contributed by atoms with Crippen LogP contribution in [0.25, 0.3) is 0 Å². The van der Waals surface area contributed by atoms with Crippen LogP contribution in [0.1, 0.15) is 54.6 Å². The van der Waals surface area contributed by atoms with Crippen LogP contribution in [0, 0.1) is 0 Å². The molecule has 0 radical (unpaired) electrons. The smallest absolute Gasteiger partial charge is 0.253 e. The second-order valence-electron chi connectivity index (χ2n) is 6.37. The zero-order valence-corrected chi connectivity index (χ0v) is 14.7. The van der Waals surface area contributed by atoms with Gasteiger partial charge in [-0.15, -0.1) is 0 Å². The summed E-state index contributed by atoms with van der Waals surface area (Å²) in [6.45, 7) is 1.94. The lowest BCUT2D eigenvalue weighted by molar-refractivity contribution is 0.0939. The van der Waals surface area contributed by atoms with Crippen molar-refractivity contribution in [3.8, 4) is 11.5 Å². The van der Waals surface area contributed by atoms with Crippen molar-refractivity contribution in [1.82, 2.24) is 10.3 Å². The van der Waals surface area contributed by atoms with Crippen LogP contribution in [0.3, 0.4) is 0 Å². The Balaban J connectivity index is 1.69. The molecule has 1 aliphatic carbocycles. The third kappa shape index (κ3) is 4.29. The van der Waals surface area contributed by atoms with Crippen molar-refractivity contribution < 1.29 is 14.3 Å². The van der Waals surface area contributed by atoms with E-state index in [0.29, 0.717) is 11.3 Å². The highest BCUT2D eigenvalue weighted by Crippen LogP contribution is 2.33. The normalized spacial score (nSPS) is 15.6. The van der Waals surface area contributed by atoms with Crippen LogP contribution in [-0.2, 0) is 0 Å². The molecule has 1 aromatic heterocycles. The molecule has 1 aromatic carbocycles. The zero-order chi connectivity index (χ0) is 17.6. The fourth-order valence-electron chi connectivity index (χ4n) is 3.10. The van der Waals surface area contributed by atoms with Gasteiger partial charge in [0.2, 0.25) is 0 Å². The predicted octanol–water partition coefficient (Wildman–Crippen LogP) is 3.90. The minimum absolute atomic E-state index is 0.147. The topological polar surface area (TPSA) is 60.5 Å². The van der Waals surface area contributed by atoms with E-state index in [4.69, 9.17) is 9.47 Å². The lowest BCUT2D eigenvalue weighted by Crippen LogP contribution is -2.26. The Kier molecular flexibility index (Phi) is 5.53. The first-order valence-electron chi connectivity index (χ1n) is 8.73. The van der Waals surface area contributed by atoms with Crippen LogP contribution >= 0.6 is 0 Å². The lowest BCUT2D eigenvalue weighted by atomic mass is 10.1. The van der Waals surface area contributed by atoms with E-state index >= 15 is 0 Å². The minimum Gasteiger partial charge on any atom is -0.493 e. The summed E-state index contributed by atoms with van der Waals surface area (Å²) in [5.41, 5.74) is 1.51. The van der Waals surface area contributed by atoms with Gasteiger partial charge in [-0.3, -0.25) is 9.78 Å². The zero-order valence-electron chi connectivity index (χ0n) is 14.7. The third-order valence-corrected chi connectivity index (χ3v) is 4.55. The molecule has 0 saturated heterocycles. The van der Waals surface area contributed by atoms with Crippen LogP contribution in [0.4, 0.5) is 0 Å². The van der Waals surface area contributed by atoms with Crippen molar-refractivity contribution in [3.05, 3.63) is 53.9 Å². The number of aromatic nitrogens is 1. The predicted molar refractivity (Wildman–Crippen MR) is 96.0 cm³/mol. The van der Waals surface area contributed by atoms with E-state index in [1.165, 1.54) is 12.8 Å². The molecule has 25 heavy (non-hydrogen) atoms. The van der Waals surface area contributed by atoms with Crippen LogP contribution in [0.2, 0.25) is 0 Å². The molecular formula is C20H24N2O3. The number of carbonyl (C=O) groups excluding carboxylic acids is 1. The highest BCUT2D eigenvalue weighted by Gasteiger charge is 2.19. The molecule has 1 amide bonds. The largest absolute Gasteiger partial charge is 0.493 e. The lowest BCUT2D eigenvalue weighted by Gasteiger charge is -2.19. The molecule has 0 spiro atoms. The number of ether oxygens (including phenoxy) is 2. The average Bonchev–Trinajstić information content (AvgIpc) is 3.15. The number of hydrogen-bond acceptors (Lipinski definition) is 4. The van der Waals surface area contributed by atoms with Crippen LogP contribution < -0.4 is 14.8 Å². The first-order valence-corrected chi connectivity index (χ1v) is 8.73. The van der Waals surface area contributed by atoms with E-state index in [1.807, 2.05) is 25.1 Å². The number of amides is 1. The molecule has 1 heterocycles. The van der Waals surface area contributed by atoms with Crippen molar-refractivity contribution in [2.45, 2.75) is 44.8 Å². The van der Waals surface area contributed by atoms with Gasteiger partial charge >= 0.3 is 0 Å². The summed E-state index contributed by atoms with van der Waals surface area (Å²) >= 11 is 0. The highest BCUT2D eigenvalue weighted by molar-refractivity contribution is 5.94. The molecule has 132 valence electrons. The summed E-state index contributed by atoms with van der Waals surface area (Å²) in [5.74, 6) is 1.32. The number of benzene rings is 1. The number of nitrogens with zero attached hydrogens (tertiary/aromatic N) is 1. The Labute approximate surface area is 148 Å². The molecule has 1 fully saturated rings. The SMILES string of the molecule is COc1cc(C(C)NC(=O)c2cccnc2)ccc1OC1CCCC1. The maximum absolute atomic E-state index is 12.3. The number of pyridine rings is 1. The van der Waals surface area contributed by atoms with E-state index in [9.17, 15) is 4.79 Å². The number of methoxy groups -OCH3 is 1. The third-order valence-electron chi connectivity index (χ3n) is 4.55. The molecule has 0 aliphatic heterocycles. The first kappa shape index (κ1) is 17.3. The van der Waals surface area contributed by atoms with E-state index in [-0.39, 0.29) is 18.1 Å². The van der Waals surface area contributed by atoms with E-state index in [1.54, 1.807) is 31.6 Å². The molecule has 5 heteroatoms. The fourth-order valence-corrected chi connectivity index (χ4v) is 3.10. The van der Waals surface area contributed by atoms with Gasteiger partial charge in [0.25, 0.3) is 5.91 Å². The number of rotatable bonds is 6. The molecule has 1 aliphatic rings. The van der Waals surface area contributed by atoms with Gasteiger partial charge in [-0.25, -0.2) is 0 Å². The van der Waals surface area contributed by atoms with Crippen molar-refractivity contribution in [2.24, 2.45) is 0 Å². The van der Waals surface area contributed by atoms with E-state index in [2.05, 4.69) is 10.3 Å². The standard InChI is InChI=1S/C20H24N2O3/c1-14(22-20(23)16-6-5-11-21-13-16)15-9-10-18(19(12-15)24-2)25-17-7-3-4-8-17/h5-6,9-14,17H,3-4,7-8H2,1-2H3,(H,22,23). The molecular weight excluding hydrogens is 316 g/mol. The Morgan fingerprint density at radius 2 is 2.04 bits per heavy atom. The van der Waals surface area contributed by atoms with Gasteiger partial charge < -0.3 is 14.8 Å². The quantitative estimate of drug-likeness (QED) is 0.866. The van der Waals surface area contributed by atoms with Gasteiger partial charge in [-0.2, -0.15) is 0 Å². The molecule has 1 unspecified atom stereocenters. The average molecular weight is 340 g/mol. The summed E-state index contributed by atoms with van der Waals surface area (Å²) in [6, 6.07) is 9.17. The van der Waals surface area contributed by atoms with Crippen molar-refractivity contribution in [3.63, 3.8) is 0 Å². The summed E-state index contributed by atoms with van der Waals surface area (Å²) in [4.78, 5) is 16.2. The van der Waals surface area contributed by atoms with Gasteiger partial charge in [-0.1, -0.05) is 6.07 Å². The maximum atomic E-state index is 12.3. The summed E-state index contributed by atoms with van der Waals surface area (Å²) < 4.78 is 11.6. The van der Waals surface area contributed by atoms with Crippen molar-refractivity contribution in [1.29, 1.82) is 0 Å². The first-order chi connectivity index (χ1) is 12.2. The summed E-state index contributed by atoms with van der Waals surface area (Å²) in [6.07, 6.45) is 8.13. The molecule has 1 saturated carbocycles. The molecule has 0 bridgehead atoms. The molecule has 1 N–H and O–H groups in total. The van der Waals surface area contributed by atoms with Crippen LogP contribution in [0.5, 0.6) is 11.5 Å². The molecule has 3 rings (SSSR count). The Morgan fingerprint density at radius 1 is 1.24 bits per heavy atom. The minimum atomic E-state index is -0.151. The van der Waals surface area contributed by atoms with Crippen LogP contribution in [-0.4, -0.2) is 24.1 Å². The van der Waals surface area contributed by atoms with Gasteiger partial charge in [0.15, 0.2) is 11.5 Å². The summed E-state index contributed by atoms with van der Waals surface area (Å²) in [7, 11) is 1.64. The highest BCUT2D eigenvalue weighted by atomic mass is 16.5. The monoisotopic (exact) mass is 340 g/mol. The Hall–Kier alpha value is -2.56. The molecule has 1 atom stereocenters. The Morgan fingerprint density at radius 3 is 2.72 bits per heavy atom.